The van der Waals surface area contributed by atoms with E-state index in [1.165, 1.54) is 0 Å². The number of aromatic nitrogens is 2. The molecule has 2 heterocycles. The van der Waals surface area contributed by atoms with E-state index in [0.29, 0.717) is 18.1 Å². The number of carbonyl (C=O) groups excluding carboxylic acids is 1. The maximum absolute atomic E-state index is 12.0. The molecule has 0 aliphatic heterocycles. The minimum atomic E-state index is -0.0205. The Kier molecular flexibility index (Phi) is 3.73. The van der Waals surface area contributed by atoms with Crippen molar-refractivity contribution < 1.29 is 9.21 Å². The summed E-state index contributed by atoms with van der Waals surface area (Å²) in [5.74, 6) is 1.31. The predicted octanol–water partition coefficient (Wildman–Crippen LogP) is 2.82. The van der Waals surface area contributed by atoms with Gasteiger partial charge >= 0.3 is 0 Å². The molecule has 21 heavy (non-hydrogen) atoms. The third-order valence-electron chi connectivity index (χ3n) is 3.27. The maximum Gasteiger partial charge on any atom is 0.240 e. The highest BCUT2D eigenvalue weighted by Crippen LogP contribution is 2.24. The van der Waals surface area contributed by atoms with Crippen LogP contribution in [0.4, 0.5) is 0 Å². The molecule has 0 spiro atoms. The second-order valence-electron chi connectivity index (χ2n) is 4.84. The van der Waals surface area contributed by atoms with Crippen LogP contribution < -0.4 is 5.32 Å². The van der Waals surface area contributed by atoms with Gasteiger partial charge in [0.2, 0.25) is 5.91 Å². The molecule has 2 aromatic heterocycles. The van der Waals surface area contributed by atoms with Crippen LogP contribution in [0.3, 0.4) is 0 Å². The standard InChI is InChI=1S/C16H17N3O2/c1-2-9-17-15(20)11-19-13-7-4-3-6-12(13)18-16(19)14-8-5-10-21-14/h3-8,10H,2,9,11H2,1H3,(H,17,20). The van der Waals surface area contributed by atoms with E-state index in [-0.39, 0.29) is 12.5 Å². The highest BCUT2D eigenvalue weighted by molar-refractivity contribution is 5.83. The quantitative estimate of drug-likeness (QED) is 0.783. The highest BCUT2D eigenvalue weighted by atomic mass is 16.3. The number of benzene rings is 1. The zero-order valence-corrected chi connectivity index (χ0v) is 11.9. The predicted molar refractivity (Wildman–Crippen MR) is 80.7 cm³/mol. The van der Waals surface area contributed by atoms with Crippen molar-refractivity contribution in [1.29, 1.82) is 0 Å². The molecule has 5 nitrogen and oxygen atoms in total. The highest BCUT2D eigenvalue weighted by Gasteiger charge is 2.16. The van der Waals surface area contributed by atoms with Gasteiger partial charge in [-0.15, -0.1) is 0 Å². The first-order valence-electron chi connectivity index (χ1n) is 7.05. The van der Waals surface area contributed by atoms with E-state index in [2.05, 4.69) is 10.3 Å². The Morgan fingerprint density at radius 2 is 2.14 bits per heavy atom. The third-order valence-corrected chi connectivity index (χ3v) is 3.27. The van der Waals surface area contributed by atoms with Crippen LogP contribution in [-0.4, -0.2) is 22.0 Å². The lowest BCUT2D eigenvalue weighted by Crippen LogP contribution is -2.28. The number of rotatable bonds is 5. The van der Waals surface area contributed by atoms with E-state index in [1.807, 2.05) is 47.9 Å². The van der Waals surface area contributed by atoms with E-state index in [0.717, 1.165) is 17.5 Å². The van der Waals surface area contributed by atoms with Gasteiger partial charge in [-0.25, -0.2) is 4.98 Å². The van der Waals surface area contributed by atoms with E-state index < -0.39 is 0 Å². The summed E-state index contributed by atoms with van der Waals surface area (Å²) in [5.41, 5.74) is 1.78. The molecule has 0 saturated carbocycles. The summed E-state index contributed by atoms with van der Waals surface area (Å²) < 4.78 is 7.33. The van der Waals surface area contributed by atoms with Crippen LogP contribution in [0, 0.1) is 0 Å². The van der Waals surface area contributed by atoms with Crippen LogP contribution in [0.2, 0.25) is 0 Å². The molecule has 0 atom stereocenters. The molecule has 0 saturated heterocycles. The minimum Gasteiger partial charge on any atom is -0.461 e. The van der Waals surface area contributed by atoms with Gasteiger partial charge in [-0.1, -0.05) is 19.1 Å². The van der Waals surface area contributed by atoms with Gasteiger partial charge in [0, 0.05) is 6.54 Å². The molecule has 0 radical (unpaired) electrons. The van der Waals surface area contributed by atoms with Crippen molar-refractivity contribution in [3.8, 4) is 11.6 Å². The fourth-order valence-electron chi connectivity index (χ4n) is 2.29. The molecular weight excluding hydrogens is 266 g/mol. The lowest BCUT2D eigenvalue weighted by molar-refractivity contribution is -0.121. The minimum absolute atomic E-state index is 0.0205. The van der Waals surface area contributed by atoms with Gasteiger partial charge in [-0.2, -0.15) is 0 Å². The molecule has 0 aliphatic carbocycles. The normalized spacial score (nSPS) is 10.9. The molecule has 0 aliphatic rings. The van der Waals surface area contributed by atoms with Crippen LogP contribution >= 0.6 is 0 Å². The summed E-state index contributed by atoms with van der Waals surface area (Å²) in [6.07, 6.45) is 2.53. The van der Waals surface area contributed by atoms with Crippen molar-refractivity contribution in [2.45, 2.75) is 19.9 Å². The molecule has 0 unspecified atom stereocenters. The monoisotopic (exact) mass is 283 g/mol. The lowest BCUT2D eigenvalue weighted by atomic mass is 10.3. The number of nitrogens with one attached hydrogen (secondary N) is 1. The number of amides is 1. The maximum atomic E-state index is 12.0. The fraction of sp³-hybridized carbons (Fsp3) is 0.250. The smallest absolute Gasteiger partial charge is 0.240 e. The average molecular weight is 283 g/mol. The number of carbonyl (C=O) groups is 1. The topological polar surface area (TPSA) is 60.1 Å². The van der Waals surface area contributed by atoms with Crippen LogP contribution in [0.15, 0.2) is 47.1 Å². The van der Waals surface area contributed by atoms with Crippen molar-refractivity contribution in [2.75, 3.05) is 6.54 Å². The van der Waals surface area contributed by atoms with Crippen molar-refractivity contribution >= 4 is 16.9 Å². The van der Waals surface area contributed by atoms with Crippen molar-refractivity contribution in [1.82, 2.24) is 14.9 Å². The van der Waals surface area contributed by atoms with Gasteiger partial charge < -0.3 is 14.3 Å². The number of furan rings is 1. The Labute approximate surface area is 122 Å². The number of nitrogens with zero attached hydrogens (tertiary/aromatic N) is 2. The van der Waals surface area contributed by atoms with E-state index >= 15 is 0 Å². The van der Waals surface area contributed by atoms with Gasteiger partial charge in [0.25, 0.3) is 0 Å². The molecule has 3 aromatic rings. The molecule has 5 heteroatoms. The summed E-state index contributed by atoms with van der Waals surface area (Å²) in [7, 11) is 0. The summed E-state index contributed by atoms with van der Waals surface area (Å²) in [6.45, 7) is 2.94. The molecule has 0 bridgehead atoms. The molecule has 3 rings (SSSR count). The largest absolute Gasteiger partial charge is 0.461 e. The molecule has 108 valence electrons. The Hall–Kier alpha value is -2.56. The zero-order valence-electron chi connectivity index (χ0n) is 11.9. The van der Waals surface area contributed by atoms with Gasteiger partial charge in [-0.05, 0) is 30.7 Å². The third kappa shape index (κ3) is 2.67. The Bertz CT molecular complexity index is 744. The zero-order chi connectivity index (χ0) is 14.7. The number of hydrogen-bond donors (Lipinski definition) is 1. The van der Waals surface area contributed by atoms with Gasteiger partial charge in [0.05, 0.1) is 17.3 Å². The second-order valence-corrected chi connectivity index (χ2v) is 4.84. The Balaban J connectivity index is 2.02. The van der Waals surface area contributed by atoms with Crippen molar-refractivity contribution in [2.24, 2.45) is 0 Å². The lowest BCUT2D eigenvalue weighted by Gasteiger charge is -2.08. The van der Waals surface area contributed by atoms with Crippen LogP contribution in [0.25, 0.3) is 22.6 Å². The van der Waals surface area contributed by atoms with E-state index in [9.17, 15) is 4.79 Å². The first-order chi connectivity index (χ1) is 10.3. The van der Waals surface area contributed by atoms with Crippen LogP contribution in [0.5, 0.6) is 0 Å². The average Bonchev–Trinajstić information content (AvgIpc) is 3.13. The van der Waals surface area contributed by atoms with E-state index in [4.69, 9.17) is 4.42 Å². The molecule has 1 N–H and O–H groups in total. The summed E-state index contributed by atoms with van der Waals surface area (Å²) >= 11 is 0. The Morgan fingerprint density at radius 3 is 2.90 bits per heavy atom. The first kappa shape index (κ1) is 13.4. The number of fused-ring (bicyclic) bond motifs is 1. The van der Waals surface area contributed by atoms with Gasteiger partial charge in [0.1, 0.15) is 6.54 Å². The molecule has 1 amide bonds. The number of para-hydroxylation sites is 2. The molecule has 1 aromatic carbocycles. The van der Waals surface area contributed by atoms with Crippen molar-refractivity contribution in [3.63, 3.8) is 0 Å². The number of hydrogen-bond acceptors (Lipinski definition) is 3. The second kappa shape index (κ2) is 5.83. The van der Waals surface area contributed by atoms with Crippen molar-refractivity contribution in [3.05, 3.63) is 42.7 Å². The molecular formula is C16H17N3O2. The fourth-order valence-corrected chi connectivity index (χ4v) is 2.29. The van der Waals surface area contributed by atoms with Crippen LogP contribution in [-0.2, 0) is 11.3 Å². The van der Waals surface area contributed by atoms with E-state index in [1.54, 1.807) is 6.26 Å². The summed E-state index contributed by atoms with van der Waals surface area (Å²) in [4.78, 5) is 16.6. The Morgan fingerprint density at radius 1 is 1.29 bits per heavy atom. The van der Waals surface area contributed by atoms with Gasteiger partial charge in [-0.3, -0.25) is 4.79 Å². The first-order valence-corrected chi connectivity index (χ1v) is 7.05. The summed E-state index contributed by atoms with van der Waals surface area (Å²) in [5, 5.41) is 2.89. The molecule has 0 fully saturated rings. The van der Waals surface area contributed by atoms with Crippen LogP contribution in [0.1, 0.15) is 13.3 Å². The van der Waals surface area contributed by atoms with Gasteiger partial charge in [0.15, 0.2) is 11.6 Å². The number of imidazole rings is 1. The SMILES string of the molecule is CCCNC(=O)Cn1c(-c2ccco2)nc2ccccc21. The summed E-state index contributed by atoms with van der Waals surface area (Å²) in [6, 6.07) is 11.4.